The van der Waals surface area contributed by atoms with Gasteiger partial charge in [-0.2, -0.15) is 5.26 Å². The molecule has 1 rings (SSSR count). The average molecular weight is 165 g/mol. The molecule has 0 aromatic carbocycles. The predicted molar refractivity (Wildman–Crippen MR) is 50.6 cm³/mol. The van der Waals surface area contributed by atoms with Gasteiger partial charge in [-0.25, -0.2) is 0 Å². The fourth-order valence-corrected chi connectivity index (χ4v) is 1.96. The van der Waals surface area contributed by atoms with Crippen LogP contribution in [0.15, 0.2) is 0 Å². The topological polar surface area (TPSA) is 23.8 Å². The number of hydrogen-bond donors (Lipinski definition) is 0. The number of nitrogens with zero attached hydrogens (tertiary/aromatic N) is 1. The van der Waals surface area contributed by atoms with Gasteiger partial charge in [-0.3, -0.25) is 0 Å². The van der Waals surface area contributed by atoms with Gasteiger partial charge in [0.2, 0.25) is 0 Å². The molecule has 0 spiro atoms. The molecule has 0 aliphatic heterocycles. The largest absolute Gasteiger partial charge is 0.198 e. The quantitative estimate of drug-likeness (QED) is 0.539. The van der Waals surface area contributed by atoms with Crippen molar-refractivity contribution >= 4 is 0 Å². The normalized spacial score (nSPS) is 32.7. The van der Waals surface area contributed by atoms with Gasteiger partial charge in [-0.15, -0.1) is 0 Å². The van der Waals surface area contributed by atoms with Crippen LogP contribution in [0.2, 0.25) is 0 Å². The second-order valence-corrected chi connectivity index (χ2v) is 4.15. The first-order chi connectivity index (χ1) is 5.83. The van der Waals surface area contributed by atoms with Gasteiger partial charge in [0.1, 0.15) is 0 Å². The number of nitriles is 1. The highest BCUT2D eigenvalue weighted by Gasteiger charge is 2.12. The standard InChI is InChI=1S/C11H19N/c1-10-5-3-2-4-6-11(9-12)8-7-10/h10-11H,2-8H2,1H3/t10-,11?/m0/s1. The van der Waals surface area contributed by atoms with E-state index in [1.165, 1.54) is 32.1 Å². The van der Waals surface area contributed by atoms with Crippen LogP contribution in [0.1, 0.15) is 51.9 Å². The van der Waals surface area contributed by atoms with Crippen LogP contribution in [0.4, 0.5) is 0 Å². The number of hydrogen-bond acceptors (Lipinski definition) is 1. The van der Waals surface area contributed by atoms with E-state index in [1.807, 2.05) is 0 Å². The van der Waals surface area contributed by atoms with Crippen molar-refractivity contribution in [1.82, 2.24) is 0 Å². The summed E-state index contributed by atoms with van der Waals surface area (Å²) in [5.74, 6) is 1.20. The molecule has 1 saturated carbocycles. The molecular formula is C11H19N. The second-order valence-electron chi connectivity index (χ2n) is 4.15. The van der Waals surface area contributed by atoms with E-state index in [2.05, 4.69) is 13.0 Å². The Morgan fingerprint density at radius 2 is 1.75 bits per heavy atom. The summed E-state index contributed by atoms with van der Waals surface area (Å²) >= 11 is 0. The highest BCUT2D eigenvalue weighted by Crippen LogP contribution is 2.24. The predicted octanol–water partition coefficient (Wildman–Crippen LogP) is 3.51. The van der Waals surface area contributed by atoms with Crippen LogP contribution in [0.3, 0.4) is 0 Å². The molecule has 2 atom stereocenters. The van der Waals surface area contributed by atoms with E-state index in [1.54, 1.807) is 0 Å². The first-order valence-electron chi connectivity index (χ1n) is 5.22. The first kappa shape index (κ1) is 9.58. The highest BCUT2D eigenvalue weighted by molar-refractivity contribution is 4.83. The van der Waals surface area contributed by atoms with E-state index in [9.17, 15) is 0 Å². The molecule has 0 bridgehead atoms. The van der Waals surface area contributed by atoms with E-state index >= 15 is 0 Å². The van der Waals surface area contributed by atoms with Gasteiger partial charge in [-0.1, -0.05) is 32.6 Å². The van der Waals surface area contributed by atoms with Gasteiger partial charge in [0.05, 0.1) is 6.07 Å². The Bertz CT molecular complexity index is 157. The van der Waals surface area contributed by atoms with E-state index in [-0.39, 0.29) is 0 Å². The van der Waals surface area contributed by atoms with Gasteiger partial charge in [0.15, 0.2) is 0 Å². The highest BCUT2D eigenvalue weighted by atomic mass is 14.3. The summed E-state index contributed by atoms with van der Waals surface area (Å²) in [5.41, 5.74) is 0. The summed E-state index contributed by atoms with van der Waals surface area (Å²) in [7, 11) is 0. The maximum atomic E-state index is 8.84. The van der Waals surface area contributed by atoms with Crippen LogP contribution in [0.5, 0.6) is 0 Å². The van der Waals surface area contributed by atoms with Gasteiger partial charge >= 0.3 is 0 Å². The Morgan fingerprint density at radius 1 is 1.00 bits per heavy atom. The minimum atomic E-state index is 0.352. The van der Waals surface area contributed by atoms with Crippen LogP contribution in [-0.4, -0.2) is 0 Å². The summed E-state index contributed by atoms with van der Waals surface area (Å²) in [4.78, 5) is 0. The van der Waals surface area contributed by atoms with Gasteiger partial charge < -0.3 is 0 Å². The number of rotatable bonds is 0. The molecule has 0 aromatic heterocycles. The van der Waals surface area contributed by atoms with Crippen molar-refractivity contribution in [2.75, 3.05) is 0 Å². The summed E-state index contributed by atoms with van der Waals surface area (Å²) in [6, 6.07) is 2.42. The van der Waals surface area contributed by atoms with Crippen molar-refractivity contribution in [2.24, 2.45) is 11.8 Å². The SMILES string of the molecule is C[C@H]1CCCCCC(C#N)CC1. The van der Waals surface area contributed by atoms with Crippen LogP contribution in [0, 0.1) is 23.2 Å². The molecule has 0 radical (unpaired) electrons. The maximum Gasteiger partial charge on any atom is 0.0655 e. The van der Waals surface area contributed by atoms with Crippen molar-refractivity contribution in [2.45, 2.75) is 51.9 Å². The summed E-state index contributed by atoms with van der Waals surface area (Å²) in [6.45, 7) is 2.32. The molecule has 1 aliphatic rings. The lowest BCUT2D eigenvalue weighted by Crippen LogP contribution is -1.99. The third-order valence-corrected chi connectivity index (χ3v) is 2.94. The van der Waals surface area contributed by atoms with E-state index in [4.69, 9.17) is 5.26 Å². The van der Waals surface area contributed by atoms with Crippen LogP contribution >= 0.6 is 0 Å². The molecule has 1 nitrogen and oxygen atoms in total. The molecule has 68 valence electrons. The third kappa shape index (κ3) is 3.26. The third-order valence-electron chi connectivity index (χ3n) is 2.94. The lowest BCUT2D eigenvalue weighted by molar-refractivity contribution is 0.441. The molecule has 1 fully saturated rings. The van der Waals surface area contributed by atoms with Gasteiger partial charge in [0.25, 0.3) is 0 Å². The van der Waals surface area contributed by atoms with Crippen LogP contribution < -0.4 is 0 Å². The summed E-state index contributed by atoms with van der Waals surface area (Å²) in [5, 5.41) is 8.84. The molecule has 1 aliphatic carbocycles. The van der Waals surface area contributed by atoms with Crippen molar-refractivity contribution < 1.29 is 0 Å². The lowest BCUT2D eigenvalue weighted by Gasteiger charge is -2.09. The fraction of sp³-hybridized carbons (Fsp3) is 0.909. The second kappa shape index (κ2) is 5.19. The zero-order chi connectivity index (χ0) is 8.81. The molecule has 0 N–H and O–H groups in total. The van der Waals surface area contributed by atoms with Gasteiger partial charge in [-0.05, 0) is 25.2 Å². The Balaban J connectivity index is 2.35. The maximum absolute atomic E-state index is 8.84. The minimum absolute atomic E-state index is 0.352. The molecule has 0 amide bonds. The molecular weight excluding hydrogens is 146 g/mol. The van der Waals surface area contributed by atoms with Gasteiger partial charge in [0, 0.05) is 5.92 Å². The molecule has 1 heteroatoms. The Morgan fingerprint density at radius 3 is 2.50 bits per heavy atom. The average Bonchev–Trinajstić information content (AvgIpc) is 2.17. The molecule has 0 aromatic rings. The van der Waals surface area contributed by atoms with E-state index in [0.717, 1.165) is 18.8 Å². The van der Waals surface area contributed by atoms with E-state index in [0.29, 0.717) is 5.92 Å². The lowest BCUT2D eigenvalue weighted by atomic mass is 9.95. The van der Waals surface area contributed by atoms with Crippen molar-refractivity contribution in [3.63, 3.8) is 0 Å². The minimum Gasteiger partial charge on any atom is -0.198 e. The Labute approximate surface area is 75.8 Å². The first-order valence-corrected chi connectivity index (χ1v) is 5.22. The zero-order valence-corrected chi connectivity index (χ0v) is 8.05. The summed E-state index contributed by atoms with van der Waals surface area (Å²) < 4.78 is 0. The van der Waals surface area contributed by atoms with Crippen molar-refractivity contribution in [3.05, 3.63) is 0 Å². The van der Waals surface area contributed by atoms with E-state index < -0.39 is 0 Å². The van der Waals surface area contributed by atoms with Crippen LogP contribution in [-0.2, 0) is 0 Å². The molecule has 12 heavy (non-hydrogen) atoms. The monoisotopic (exact) mass is 165 g/mol. The molecule has 0 saturated heterocycles. The fourth-order valence-electron chi connectivity index (χ4n) is 1.96. The van der Waals surface area contributed by atoms with Crippen molar-refractivity contribution in [1.29, 1.82) is 5.26 Å². The van der Waals surface area contributed by atoms with Crippen molar-refractivity contribution in [3.8, 4) is 6.07 Å². The smallest absolute Gasteiger partial charge is 0.0655 e. The Kier molecular flexibility index (Phi) is 4.14. The molecule has 1 unspecified atom stereocenters. The van der Waals surface area contributed by atoms with Crippen LogP contribution in [0.25, 0.3) is 0 Å². The Hall–Kier alpha value is -0.510. The zero-order valence-electron chi connectivity index (χ0n) is 8.05. The summed E-state index contributed by atoms with van der Waals surface area (Å²) in [6.07, 6.45) is 8.89. The molecule has 0 heterocycles.